The Morgan fingerprint density at radius 3 is 3.20 bits per heavy atom. The zero-order chi connectivity index (χ0) is 10.7. The normalized spacial score (nSPS) is 23.2. The Labute approximate surface area is 89.7 Å². The summed E-state index contributed by atoms with van der Waals surface area (Å²) in [7, 11) is 1.88. The zero-order valence-electron chi connectivity index (χ0n) is 9.12. The molecule has 4 heteroatoms. The topological polar surface area (TPSA) is 29.9 Å². The quantitative estimate of drug-likeness (QED) is 0.816. The molecule has 1 saturated heterocycles. The third-order valence-electron chi connectivity index (χ3n) is 3.00. The SMILES string of the molecule is Cn1cc(CCC(F)C2CCCN2)cn1. The second-order valence-electron chi connectivity index (χ2n) is 4.28. The predicted octanol–water partition coefficient (Wildman–Crippen LogP) is 1.44. The number of rotatable bonds is 4. The summed E-state index contributed by atoms with van der Waals surface area (Å²) in [5.41, 5.74) is 1.12. The summed E-state index contributed by atoms with van der Waals surface area (Å²) in [5.74, 6) is 0. The Bertz CT molecular complexity index is 305. The van der Waals surface area contributed by atoms with E-state index in [9.17, 15) is 4.39 Å². The van der Waals surface area contributed by atoms with Crippen molar-refractivity contribution in [2.24, 2.45) is 7.05 Å². The number of hydrogen-bond acceptors (Lipinski definition) is 2. The number of aryl methyl sites for hydroxylation is 2. The Balaban J connectivity index is 1.77. The molecule has 1 aromatic heterocycles. The molecule has 0 radical (unpaired) electrons. The minimum Gasteiger partial charge on any atom is -0.311 e. The lowest BCUT2D eigenvalue weighted by atomic mass is 10.0. The third kappa shape index (κ3) is 2.78. The van der Waals surface area contributed by atoms with Gasteiger partial charge in [-0.05, 0) is 37.8 Å². The van der Waals surface area contributed by atoms with E-state index in [0.717, 1.165) is 31.4 Å². The summed E-state index contributed by atoms with van der Waals surface area (Å²) in [4.78, 5) is 0. The maximum Gasteiger partial charge on any atom is 0.116 e. The highest BCUT2D eigenvalue weighted by molar-refractivity contribution is 5.04. The van der Waals surface area contributed by atoms with E-state index in [0.29, 0.717) is 6.42 Å². The Morgan fingerprint density at radius 1 is 1.73 bits per heavy atom. The summed E-state index contributed by atoms with van der Waals surface area (Å²) < 4.78 is 15.5. The van der Waals surface area contributed by atoms with Crippen molar-refractivity contribution >= 4 is 0 Å². The van der Waals surface area contributed by atoms with Crippen LogP contribution in [0.15, 0.2) is 12.4 Å². The van der Waals surface area contributed by atoms with E-state index in [1.54, 1.807) is 4.68 Å². The zero-order valence-corrected chi connectivity index (χ0v) is 9.12. The molecule has 0 bridgehead atoms. The van der Waals surface area contributed by atoms with E-state index in [2.05, 4.69) is 10.4 Å². The van der Waals surface area contributed by atoms with Gasteiger partial charge in [0.15, 0.2) is 0 Å². The van der Waals surface area contributed by atoms with E-state index in [-0.39, 0.29) is 6.04 Å². The highest BCUT2D eigenvalue weighted by atomic mass is 19.1. The van der Waals surface area contributed by atoms with Gasteiger partial charge in [-0.3, -0.25) is 4.68 Å². The number of alkyl halides is 1. The molecule has 0 aliphatic carbocycles. The van der Waals surface area contributed by atoms with Crippen LogP contribution in [0.5, 0.6) is 0 Å². The number of nitrogens with one attached hydrogen (secondary N) is 1. The van der Waals surface area contributed by atoms with Crippen LogP contribution in [0.25, 0.3) is 0 Å². The molecule has 0 aromatic carbocycles. The molecule has 0 amide bonds. The van der Waals surface area contributed by atoms with Gasteiger partial charge < -0.3 is 5.32 Å². The molecule has 1 aliphatic heterocycles. The van der Waals surface area contributed by atoms with Crippen molar-refractivity contribution in [1.82, 2.24) is 15.1 Å². The van der Waals surface area contributed by atoms with Crippen LogP contribution in [0.2, 0.25) is 0 Å². The Morgan fingerprint density at radius 2 is 2.60 bits per heavy atom. The monoisotopic (exact) mass is 211 g/mol. The molecule has 0 spiro atoms. The van der Waals surface area contributed by atoms with Gasteiger partial charge in [-0.2, -0.15) is 5.10 Å². The predicted molar refractivity (Wildman–Crippen MR) is 57.4 cm³/mol. The Hall–Kier alpha value is -0.900. The lowest BCUT2D eigenvalue weighted by Gasteiger charge is -2.15. The van der Waals surface area contributed by atoms with Gasteiger partial charge in [0, 0.05) is 19.3 Å². The third-order valence-corrected chi connectivity index (χ3v) is 3.00. The van der Waals surface area contributed by atoms with Crippen LogP contribution in [-0.2, 0) is 13.5 Å². The molecule has 0 saturated carbocycles. The fourth-order valence-electron chi connectivity index (χ4n) is 2.13. The van der Waals surface area contributed by atoms with Crippen molar-refractivity contribution in [3.05, 3.63) is 18.0 Å². The summed E-state index contributed by atoms with van der Waals surface area (Å²) in [6.45, 7) is 0.970. The van der Waals surface area contributed by atoms with Gasteiger partial charge in [-0.15, -0.1) is 0 Å². The molecule has 1 aliphatic rings. The second kappa shape index (κ2) is 4.75. The lowest BCUT2D eigenvalue weighted by molar-refractivity contribution is 0.250. The molecule has 2 heterocycles. The van der Waals surface area contributed by atoms with Crippen molar-refractivity contribution in [3.63, 3.8) is 0 Å². The summed E-state index contributed by atoms with van der Waals surface area (Å²) in [5, 5.41) is 7.27. The minimum atomic E-state index is -0.715. The van der Waals surface area contributed by atoms with Gasteiger partial charge in [0.1, 0.15) is 6.17 Å². The summed E-state index contributed by atoms with van der Waals surface area (Å²) in [6, 6.07) is 0.0849. The number of hydrogen-bond donors (Lipinski definition) is 1. The van der Waals surface area contributed by atoms with Crippen LogP contribution in [0.1, 0.15) is 24.8 Å². The fraction of sp³-hybridized carbons (Fsp3) is 0.727. The lowest BCUT2D eigenvalue weighted by Crippen LogP contribution is -2.32. The summed E-state index contributed by atoms with van der Waals surface area (Å²) >= 11 is 0. The van der Waals surface area contributed by atoms with Gasteiger partial charge in [-0.25, -0.2) is 4.39 Å². The van der Waals surface area contributed by atoms with Crippen LogP contribution in [0.3, 0.4) is 0 Å². The van der Waals surface area contributed by atoms with Gasteiger partial charge in [0.05, 0.1) is 6.20 Å². The van der Waals surface area contributed by atoms with Crippen molar-refractivity contribution in [2.75, 3.05) is 6.54 Å². The van der Waals surface area contributed by atoms with E-state index >= 15 is 0 Å². The largest absolute Gasteiger partial charge is 0.311 e. The second-order valence-corrected chi connectivity index (χ2v) is 4.28. The first-order valence-corrected chi connectivity index (χ1v) is 5.60. The molecule has 2 atom stereocenters. The van der Waals surface area contributed by atoms with Crippen LogP contribution in [0, 0.1) is 0 Å². The molecular weight excluding hydrogens is 193 g/mol. The summed E-state index contributed by atoms with van der Waals surface area (Å²) in [6.07, 6.45) is 6.53. The van der Waals surface area contributed by atoms with Crippen molar-refractivity contribution in [1.29, 1.82) is 0 Å². The average molecular weight is 211 g/mol. The fourth-order valence-corrected chi connectivity index (χ4v) is 2.13. The molecule has 3 nitrogen and oxygen atoms in total. The smallest absolute Gasteiger partial charge is 0.116 e. The van der Waals surface area contributed by atoms with Crippen LogP contribution >= 0.6 is 0 Å². The molecule has 1 aromatic rings. The van der Waals surface area contributed by atoms with Crippen molar-refractivity contribution < 1.29 is 4.39 Å². The first-order valence-electron chi connectivity index (χ1n) is 5.60. The van der Waals surface area contributed by atoms with Gasteiger partial charge in [0.2, 0.25) is 0 Å². The number of nitrogens with zero attached hydrogens (tertiary/aromatic N) is 2. The van der Waals surface area contributed by atoms with Crippen LogP contribution < -0.4 is 5.32 Å². The van der Waals surface area contributed by atoms with Gasteiger partial charge in [0.25, 0.3) is 0 Å². The van der Waals surface area contributed by atoms with Crippen molar-refractivity contribution in [2.45, 2.75) is 37.9 Å². The molecule has 15 heavy (non-hydrogen) atoms. The van der Waals surface area contributed by atoms with Crippen LogP contribution in [0.4, 0.5) is 4.39 Å². The van der Waals surface area contributed by atoms with Crippen molar-refractivity contribution in [3.8, 4) is 0 Å². The maximum absolute atomic E-state index is 13.7. The Kier molecular flexibility index (Phi) is 3.36. The van der Waals surface area contributed by atoms with Gasteiger partial charge >= 0.3 is 0 Å². The molecular formula is C11H18FN3. The molecule has 2 rings (SSSR count). The van der Waals surface area contributed by atoms with Crippen LogP contribution in [-0.4, -0.2) is 28.5 Å². The first-order chi connectivity index (χ1) is 7.25. The number of aromatic nitrogens is 2. The average Bonchev–Trinajstić information content (AvgIpc) is 2.84. The van der Waals surface area contributed by atoms with E-state index in [4.69, 9.17) is 0 Å². The molecule has 1 N–H and O–H groups in total. The van der Waals surface area contributed by atoms with E-state index in [1.165, 1.54) is 0 Å². The van der Waals surface area contributed by atoms with E-state index in [1.807, 2.05) is 19.4 Å². The standard InChI is InChI=1S/C11H18FN3/c1-15-8-9(7-14-15)4-5-10(12)11-3-2-6-13-11/h7-8,10-11,13H,2-6H2,1H3. The highest BCUT2D eigenvalue weighted by Crippen LogP contribution is 2.16. The molecule has 1 fully saturated rings. The first kappa shape index (κ1) is 10.6. The van der Waals surface area contributed by atoms with Gasteiger partial charge in [-0.1, -0.05) is 0 Å². The maximum atomic E-state index is 13.7. The number of halogens is 1. The molecule has 84 valence electrons. The minimum absolute atomic E-state index is 0.0849. The van der Waals surface area contributed by atoms with E-state index < -0.39 is 6.17 Å². The molecule has 2 unspecified atom stereocenters. The highest BCUT2D eigenvalue weighted by Gasteiger charge is 2.23.